The van der Waals surface area contributed by atoms with E-state index < -0.39 is 0 Å². The fourth-order valence-electron chi connectivity index (χ4n) is 3.49. The van der Waals surface area contributed by atoms with E-state index in [1.165, 1.54) is 12.1 Å². The highest BCUT2D eigenvalue weighted by Crippen LogP contribution is 2.31. The van der Waals surface area contributed by atoms with Crippen LogP contribution in [0.3, 0.4) is 0 Å². The van der Waals surface area contributed by atoms with Gasteiger partial charge in [-0.2, -0.15) is 5.10 Å². The molecule has 1 aromatic heterocycles. The molecule has 1 unspecified atom stereocenters. The van der Waals surface area contributed by atoms with Gasteiger partial charge in [0.15, 0.2) is 5.96 Å². The number of aryl methyl sites for hydroxylation is 2. The summed E-state index contributed by atoms with van der Waals surface area (Å²) in [5.74, 6) is 2.14. The molecule has 0 aliphatic carbocycles. The van der Waals surface area contributed by atoms with Crippen LogP contribution in [0.2, 0.25) is 5.02 Å². The summed E-state index contributed by atoms with van der Waals surface area (Å²) in [5.41, 5.74) is 0.541. The minimum absolute atomic E-state index is 0. The number of nitrogens with one attached hydrogen (secondary N) is 2. The van der Waals surface area contributed by atoms with E-state index >= 15 is 0 Å². The van der Waals surface area contributed by atoms with Gasteiger partial charge in [-0.1, -0.05) is 31.5 Å². The molecule has 2 N–H and O–H groups in total. The minimum atomic E-state index is -0.337. The lowest BCUT2D eigenvalue weighted by Gasteiger charge is -2.27. The van der Waals surface area contributed by atoms with Crippen LogP contribution >= 0.6 is 35.6 Å². The molecule has 0 saturated heterocycles. The molecule has 1 aromatic carbocycles. The van der Waals surface area contributed by atoms with Crippen molar-refractivity contribution in [2.24, 2.45) is 4.99 Å². The lowest BCUT2D eigenvalue weighted by atomic mass is 9.84. The van der Waals surface area contributed by atoms with Gasteiger partial charge in [-0.15, -0.1) is 24.0 Å². The average Bonchev–Trinajstić information content (AvgIpc) is 3.01. The highest BCUT2D eigenvalue weighted by atomic mass is 127. The third-order valence-electron chi connectivity index (χ3n) is 4.93. The molecule has 1 aliphatic heterocycles. The Balaban J connectivity index is 0.00000300. The van der Waals surface area contributed by atoms with Crippen molar-refractivity contribution < 1.29 is 4.39 Å². The second-order valence-electron chi connectivity index (χ2n) is 7.78. The van der Waals surface area contributed by atoms with E-state index in [1.807, 2.05) is 18.5 Å². The average molecular weight is 535 g/mol. The van der Waals surface area contributed by atoms with Gasteiger partial charge < -0.3 is 10.6 Å². The second-order valence-corrected chi connectivity index (χ2v) is 8.19. The largest absolute Gasteiger partial charge is 0.357 e. The van der Waals surface area contributed by atoms with Crippen LogP contribution in [0.4, 0.5) is 4.39 Å². The van der Waals surface area contributed by atoms with E-state index in [0.29, 0.717) is 11.6 Å². The zero-order chi connectivity index (χ0) is 20.3. The van der Waals surface area contributed by atoms with Gasteiger partial charge in [0, 0.05) is 23.5 Å². The number of hydrogen-bond donors (Lipinski definition) is 2. The van der Waals surface area contributed by atoms with Crippen LogP contribution < -0.4 is 10.6 Å². The summed E-state index contributed by atoms with van der Waals surface area (Å²) in [4.78, 5) is 9.36. The maximum atomic E-state index is 13.4. The third kappa shape index (κ3) is 5.81. The first kappa shape index (κ1) is 23.9. The Morgan fingerprint density at radius 3 is 2.86 bits per heavy atom. The van der Waals surface area contributed by atoms with Crippen molar-refractivity contribution >= 4 is 41.5 Å². The van der Waals surface area contributed by atoms with Gasteiger partial charge in [-0.3, -0.25) is 4.99 Å². The molecule has 0 bridgehead atoms. The second kappa shape index (κ2) is 10.1. The molecule has 1 atom stereocenters. The molecule has 160 valence electrons. The first-order chi connectivity index (χ1) is 13.3. The van der Waals surface area contributed by atoms with Gasteiger partial charge in [0.25, 0.3) is 0 Å². The Kier molecular flexibility index (Phi) is 8.28. The van der Waals surface area contributed by atoms with E-state index in [9.17, 15) is 4.39 Å². The summed E-state index contributed by atoms with van der Waals surface area (Å²) in [7, 11) is 0. The fourth-order valence-corrected chi connectivity index (χ4v) is 3.91. The molecular weight excluding hydrogens is 506 g/mol. The molecule has 6 nitrogen and oxygen atoms in total. The number of rotatable bonds is 5. The molecule has 0 fully saturated rings. The minimum Gasteiger partial charge on any atom is -0.357 e. The number of fused-ring (bicyclic) bond motifs is 1. The highest BCUT2D eigenvalue weighted by molar-refractivity contribution is 14.0. The number of halogens is 3. The van der Waals surface area contributed by atoms with Crippen LogP contribution in [-0.4, -0.2) is 33.8 Å². The van der Waals surface area contributed by atoms with Crippen LogP contribution in [0.5, 0.6) is 0 Å². The Morgan fingerprint density at radius 1 is 1.41 bits per heavy atom. The number of guanidine groups is 1. The summed E-state index contributed by atoms with van der Waals surface area (Å²) in [6.45, 7) is 10.2. The molecule has 1 aliphatic rings. The van der Waals surface area contributed by atoms with Gasteiger partial charge in [-0.25, -0.2) is 14.1 Å². The molecule has 0 spiro atoms. The number of benzene rings is 1. The van der Waals surface area contributed by atoms with Crippen molar-refractivity contribution in [3.63, 3.8) is 0 Å². The number of nitrogens with zero attached hydrogens (tertiary/aromatic N) is 4. The van der Waals surface area contributed by atoms with Crippen LogP contribution in [0.1, 0.15) is 56.9 Å². The molecular formula is C20H29ClFIN6. The van der Waals surface area contributed by atoms with E-state index in [0.717, 1.165) is 49.1 Å². The van der Waals surface area contributed by atoms with Gasteiger partial charge in [0.2, 0.25) is 0 Å². The SMILES string of the molecule is CCNC(=NCC(C)(C)c1ccc(F)cc1Cl)NC1CCCn2nc(C)nc21.I. The molecule has 29 heavy (non-hydrogen) atoms. The van der Waals surface area contributed by atoms with E-state index in [4.69, 9.17) is 16.6 Å². The van der Waals surface area contributed by atoms with Gasteiger partial charge >= 0.3 is 0 Å². The fraction of sp³-hybridized carbons (Fsp3) is 0.550. The van der Waals surface area contributed by atoms with Gasteiger partial charge in [0.1, 0.15) is 17.5 Å². The predicted octanol–water partition coefficient (Wildman–Crippen LogP) is 4.36. The van der Waals surface area contributed by atoms with E-state index in [2.05, 4.69) is 34.6 Å². The predicted molar refractivity (Wildman–Crippen MR) is 126 cm³/mol. The molecule has 9 heteroatoms. The molecule has 0 saturated carbocycles. The zero-order valence-corrected chi connectivity index (χ0v) is 20.4. The standard InChI is InChI=1S/C20H28ClFN6.HI/c1-5-23-19(26-17-7-6-10-28-18(17)25-13(2)27-28)24-12-20(3,4)15-9-8-14(22)11-16(15)21;/h8-9,11,17H,5-7,10,12H2,1-4H3,(H2,23,24,26);1H. The van der Waals surface area contributed by atoms with Crippen LogP contribution in [0, 0.1) is 12.7 Å². The van der Waals surface area contributed by atoms with Crippen molar-refractivity contribution in [1.29, 1.82) is 0 Å². The lowest BCUT2D eigenvalue weighted by molar-refractivity contribution is 0.397. The van der Waals surface area contributed by atoms with Crippen LogP contribution in [-0.2, 0) is 12.0 Å². The van der Waals surface area contributed by atoms with E-state index in [-0.39, 0.29) is 41.3 Å². The van der Waals surface area contributed by atoms with Crippen molar-refractivity contribution in [1.82, 2.24) is 25.4 Å². The van der Waals surface area contributed by atoms with Crippen LogP contribution in [0.15, 0.2) is 23.2 Å². The van der Waals surface area contributed by atoms with E-state index in [1.54, 1.807) is 6.07 Å². The molecule has 0 radical (unpaired) electrons. The summed E-state index contributed by atoms with van der Waals surface area (Å²) < 4.78 is 15.4. The summed E-state index contributed by atoms with van der Waals surface area (Å²) in [5, 5.41) is 11.7. The number of aliphatic imine (C=N–C) groups is 1. The molecule has 0 amide bonds. The first-order valence-electron chi connectivity index (χ1n) is 9.72. The summed E-state index contributed by atoms with van der Waals surface area (Å²) in [6.07, 6.45) is 2.03. The van der Waals surface area contributed by atoms with Crippen molar-refractivity contribution in [3.05, 3.63) is 46.3 Å². The maximum absolute atomic E-state index is 13.4. The Hall–Kier alpha value is -1.42. The molecule has 2 heterocycles. The Labute approximate surface area is 193 Å². The summed E-state index contributed by atoms with van der Waals surface area (Å²) >= 11 is 6.27. The normalized spacial score (nSPS) is 16.8. The zero-order valence-electron chi connectivity index (χ0n) is 17.3. The molecule has 3 rings (SSSR count). The van der Waals surface area contributed by atoms with Crippen molar-refractivity contribution in [2.75, 3.05) is 13.1 Å². The van der Waals surface area contributed by atoms with Gasteiger partial charge in [0.05, 0.1) is 12.6 Å². The number of aromatic nitrogens is 3. The summed E-state index contributed by atoms with van der Waals surface area (Å²) in [6, 6.07) is 4.60. The topological polar surface area (TPSA) is 67.1 Å². The smallest absolute Gasteiger partial charge is 0.191 e. The van der Waals surface area contributed by atoms with Crippen LogP contribution in [0.25, 0.3) is 0 Å². The maximum Gasteiger partial charge on any atom is 0.191 e. The number of hydrogen-bond acceptors (Lipinski definition) is 3. The highest BCUT2D eigenvalue weighted by Gasteiger charge is 2.26. The van der Waals surface area contributed by atoms with Crippen molar-refractivity contribution in [2.45, 2.75) is 58.5 Å². The Bertz CT molecular complexity index is 867. The lowest BCUT2D eigenvalue weighted by Crippen LogP contribution is -2.42. The first-order valence-corrected chi connectivity index (χ1v) is 10.1. The quantitative estimate of drug-likeness (QED) is 0.340. The Morgan fingerprint density at radius 2 is 2.17 bits per heavy atom. The molecule has 2 aromatic rings. The monoisotopic (exact) mass is 534 g/mol. The third-order valence-corrected chi connectivity index (χ3v) is 5.24. The van der Waals surface area contributed by atoms with Crippen molar-refractivity contribution in [3.8, 4) is 0 Å². The van der Waals surface area contributed by atoms with Gasteiger partial charge in [-0.05, 0) is 44.4 Å².